The van der Waals surface area contributed by atoms with Crippen LogP contribution in [0.15, 0.2) is 18.2 Å². The van der Waals surface area contributed by atoms with E-state index in [4.69, 9.17) is 16.7 Å². The molecule has 1 rings (SSSR count). The quantitative estimate of drug-likeness (QED) is 0.811. The van der Waals surface area contributed by atoms with Crippen LogP contribution < -0.4 is 0 Å². The molecule has 0 heterocycles. The maximum Gasteiger partial charge on any atom is 0.303 e. The lowest BCUT2D eigenvalue weighted by Gasteiger charge is -2.03. The molecule has 13 heavy (non-hydrogen) atoms. The molecule has 0 saturated heterocycles. The SMILES string of the molecule is Cc1ccc(Cl)cc1CCC(=O)O. The van der Waals surface area contributed by atoms with Crippen molar-refractivity contribution in [3.8, 4) is 0 Å². The largest absolute Gasteiger partial charge is 0.481 e. The second-order valence-electron chi connectivity index (χ2n) is 2.96. The second-order valence-corrected chi connectivity index (χ2v) is 3.40. The Labute approximate surface area is 82.2 Å². The predicted molar refractivity (Wildman–Crippen MR) is 52.1 cm³/mol. The van der Waals surface area contributed by atoms with E-state index in [1.54, 1.807) is 6.07 Å². The first kappa shape index (κ1) is 10.1. The average Bonchev–Trinajstić information content (AvgIpc) is 2.06. The van der Waals surface area contributed by atoms with Crippen LogP contribution in [-0.2, 0) is 11.2 Å². The fourth-order valence-electron chi connectivity index (χ4n) is 1.15. The van der Waals surface area contributed by atoms with Gasteiger partial charge in [0.1, 0.15) is 0 Å². The maximum absolute atomic E-state index is 10.3. The van der Waals surface area contributed by atoms with Crippen molar-refractivity contribution in [3.05, 3.63) is 34.3 Å². The lowest BCUT2D eigenvalue weighted by Crippen LogP contribution is -1.98. The zero-order valence-corrected chi connectivity index (χ0v) is 8.14. The number of carbonyl (C=O) groups is 1. The molecule has 1 N–H and O–H groups in total. The number of halogens is 1. The molecular formula is C10H11ClO2. The summed E-state index contributed by atoms with van der Waals surface area (Å²) in [5.74, 6) is -0.778. The summed E-state index contributed by atoms with van der Waals surface area (Å²) >= 11 is 5.78. The molecule has 0 aliphatic heterocycles. The molecule has 0 unspecified atom stereocenters. The van der Waals surface area contributed by atoms with Gasteiger partial charge in [-0.2, -0.15) is 0 Å². The zero-order chi connectivity index (χ0) is 9.84. The van der Waals surface area contributed by atoms with Crippen molar-refractivity contribution in [2.24, 2.45) is 0 Å². The highest BCUT2D eigenvalue weighted by atomic mass is 35.5. The molecule has 0 aliphatic carbocycles. The first-order valence-corrected chi connectivity index (χ1v) is 4.44. The van der Waals surface area contributed by atoms with Crippen molar-refractivity contribution in [2.75, 3.05) is 0 Å². The van der Waals surface area contributed by atoms with Crippen LogP contribution in [0.1, 0.15) is 17.5 Å². The van der Waals surface area contributed by atoms with Crippen molar-refractivity contribution in [2.45, 2.75) is 19.8 Å². The molecule has 70 valence electrons. The highest BCUT2D eigenvalue weighted by Gasteiger charge is 2.02. The van der Waals surface area contributed by atoms with E-state index < -0.39 is 5.97 Å². The van der Waals surface area contributed by atoms with Crippen LogP contribution in [0.5, 0.6) is 0 Å². The third kappa shape index (κ3) is 3.07. The van der Waals surface area contributed by atoms with Gasteiger partial charge in [-0.25, -0.2) is 0 Å². The summed E-state index contributed by atoms with van der Waals surface area (Å²) in [5, 5.41) is 9.16. The third-order valence-corrected chi connectivity index (χ3v) is 2.15. The third-order valence-electron chi connectivity index (χ3n) is 1.92. The Hall–Kier alpha value is -1.02. The van der Waals surface area contributed by atoms with Gasteiger partial charge in [0.25, 0.3) is 0 Å². The summed E-state index contributed by atoms with van der Waals surface area (Å²) in [6.07, 6.45) is 0.697. The first-order valence-electron chi connectivity index (χ1n) is 4.06. The number of aliphatic carboxylic acids is 1. The molecule has 0 atom stereocenters. The van der Waals surface area contributed by atoms with Crippen molar-refractivity contribution in [1.82, 2.24) is 0 Å². The Morgan fingerprint density at radius 1 is 1.54 bits per heavy atom. The number of benzene rings is 1. The van der Waals surface area contributed by atoms with E-state index in [1.807, 2.05) is 19.1 Å². The summed E-state index contributed by atoms with van der Waals surface area (Å²) < 4.78 is 0. The van der Waals surface area contributed by atoms with E-state index in [0.717, 1.165) is 11.1 Å². The van der Waals surface area contributed by atoms with E-state index in [2.05, 4.69) is 0 Å². The van der Waals surface area contributed by atoms with Gasteiger partial charge in [0.15, 0.2) is 0 Å². The number of carboxylic acid groups (broad SMARTS) is 1. The molecule has 0 amide bonds. The Morgan fingerprint density at radius 2 is 2.23 bits per heavy atom. The minimum atomic E-state index is -0.778. The second kappa shape index (κ2) is 4.28. The highest BCUT2D eigenvalue weighted by molar-refractivity contribution is 6.30. The van der Waals surface area contributed by atoms with Crippen molar-refractivity contribution >= 4 is 17.6 Å². The minimum absolute atomic E-state index is 0.154. The smallest absolute Gasteiger partial charge is 0.303 e. The van der Waals surface area contributed by atoms with E-state index >= 15 is 0 Å². The van der Waals surface area contributed by atoms with Crippen LogP contribution in [-0.4, -0.2) is 11.1 Å². The van der Waals surface area contributed by atoms with Crippen LogP contribution in [0.2, 0.25) is 5.02 Å². The zero-order valence-electron chi connectivity index (χ0n) is 7.38. The number of hydrogen-bond donors (Lipinski definition) is 1. The molecule has 2 nitrogen and oxygen atoms in total. The van der Waals surface area contributed by atoms with Crippen LogP contribution in [0.25, 0.3) is 0 Å². The van der Waals surface area contributed by atoms with E-state index in [1.165, 1.54) is 0 Å². The van der Waals surface area contributed by atoms with Crippen LogP contribution in [0.3, 0.4) is 0 Å². The fourth-order valence-corrected chi connectivity index (χ4v) is 1.35. The van der Waals surface area contributed by atoms with Crippen LogP contribution in [0, 0.1) is 6.92 Å². The van der Waals surface area contributed by atoms with E-state index in [-0.39, 0.29) is 6.42 Å². The Bertz CT molecular complexity index is 321. The normalized spacial score (nSPS) is 10.0. The van der Waals surface area contributed by atoms with Gasteiger partial charge in [0, 0.05) is 11.4 Å². The van der Waals surface area contributed by atoms with Gasteiger partial charge in [-0.1, -0.05) is 17.7 Å². The Balaban J connectivity index is 2.75. The molecule has 1 aromatic rings. The maximum atomic E-state index is 10.3. The Kier molecular flexibility index (Phi) is 3.32. The Morgan fingerprint density at radius 3 is 2.85 bits per heavy atom. The summed E-state index contributed by atoms with van der Waals surface area (Å²) in [7, 11) is 0. The first-order chi connectivity index (χ1) is 6.09. The number of rotatable bonds is 3. The topological polar surface area (TPSA) is 37.3 Å². The molecule has 3 heteroatoms. The van der Waals surface area contributed by atoms with E-state index in [0.29, 0.717) is 11.4 Å². The van der Waals surface area contributed by atoms with Crippen molar-refractivity contribution < 1.29 is 9.90 Å². The molecule has 0 spiro atoms. The predicted octanol–water partition coefficient (Wildman–Crippen LogP) is 2.67. The van der Waals surface area contributed by atoms with Crippen LogP contribution in [0.4, 0.5) is 0 Å². The molecule has 1 aromatic carbocycles. The lowest BCUT2D eigenvalue weighted by molar-refractivity contribution is -0.136. The number of carboxylic acids is 1. The molecule has 0 saturated carbocycles. The highest BCUT2D eigenvalue weighted by Crippen LogP contribution is 2.16. The van der Waals surface area contributed by atoms with Gasteiger partial charge >= 0.3 is 5.97 Å². The molecule has 0 aromatic heterocycles. The van der Waals surface area contributed by atoms with E-state index in [9.17, 15) is 4.79 Å². The summed E-state index contributed by atoms with van der Waals surface area (Å²) in [6, 6.07) is 5.53. The standard InChI is InChI=1S/C10H11ClO2/c1-7-2-4-9(11)6-8(7)3-5-10(12)13/h2,4,6H,3,5H2,1H3,(H,12,13). The lowest BCUT2D eigenvalue weighted by atomic mass is 10.0. The van der Waals surface area contributed by atoms with Gasteiger partial charge < -0.3 is 5.11 Å². The van der Waals surface area contributed by atoms with Crippen LogP contribution >= 0.6 is 11.6 Å². The molecule has 0 radical (unpaired) electrons. The molecule has 0 fully saturated rings. The van der Waals surface area contributed by atoms with Gasteiger partial charge in [0.2, 0.25) is 0 Å². The summed E-state index contributed by atoms with van der Waals surface area (Å²) in [5.41, 5.74) is 2.10. The average molecular weight is 199 g/mol. The molecule has 0 bridgehead atoms. The van der Waals surface area contributed by atoms with Gasteiger partial charge in [-0.3, -0.25) is 4.79 Å². The monoisotopic (exact) mass is 198 g/mol. The van der Waals surface area contributed by atoms with Crippen molar-refractivity contribution in [1.29, 1.82) is 0 Å². The van der Waals surface area contributed by atoms with Gasteiger partial charge in [-0.05, 0) is 36.6 Å². The molecule has 0 aliphatic rings. The van der Waals surface area contributed by atoms with Gasteiger partial charge in [-0.15, -0.1) is 0 Å². The summed E-state index contributed by atoms with van der Waals surface area (Å²) in [4.78, 5) is 10.3. The minimum Gasteiger partial charge on any atom is -0.481 e. The number of hydrogen-bond acceptors (Lipinski definition) is 1. The molecular weight excluding hydrogens is 188 g/mol. The summed E-state index contributed by atoms with van der Waals surface area (Å²) in [6.45, 7) is 1.95. The fraction of sp³-hybridized carbons (Fsp3) is 0.300. The van der Waals surface area contributed by atoms with Gasteiger partial charge in [0.05, 0.1) is 0 Å². The number of aryl methyl sites for hydroxylation is 2. The van der Waals surface area contributed by atoms with Crippen molar-refractivity contribution in [3.63, 3.8) is 0 Å².